The molecular formula is C13H17N3O2S. The summed E-state index contributed by atoms with van der Waals surface area (Å²) in [6.45, 7) is 1.11. The van der Waals surface area contributed by atoms with Gasteiger partial charge in [-0.25, -0.2) is 8.42 Å². The van der Waals surface area contributed by atoms with Crippen LogP contribution in [0.3, 0.4) is 0 Å². The van der Waals surface area contributed by atoms with E-state index in [1.807, 2.05) is 35.2 Å². The fourth-order valence-electron chi connectivity index (χ4n) is 2.89. The smallest absolute Gasteiger partial charge is 0.192 e. The molecular weight excluding hydrogens is 262 g/mol. The number of sulfone groups is 1. The first kappa shape index (κ1) is 12.5. The number of aliphatic imine (C=N–C) groups is 1. The molecule has 1 fully saturated rings. The maximum absolute atomic E-state index is 11.8. The lowest BCUT2D eigenvalue weighted by atomic mass is 9.97. The van der Waals surface area contributed by atoms with Gasteiger partial charge in [0.1, 0.15) is 0 Å². The predicted molar refractivity (Wildman–Crippen MR) is 74.5 cm³/mol. The first-order valence-electron chi connectivity index (χ1n) is 6.33. The molecule has 1 aromatic carbocycles. The molecule has 2 aliphatic heterocycles. The lowest BCUT2D eigenvalue weighted by molar-refractivity contribution is 0.222. The molecule has 0 radical (unpaired) electrons. The summed E-state index contributed by atoms with van der Waals surface area (Å²) in [6.07, 6.45) is 0.617. The van der Waals surface area contributed by atoms with E-state index >= 15 is 0 Å². The molecule has 1 spiro atoms. The topological polar surface area (TPSA) is 75.8 Å². The van der Waals surface area contributed by atoms with Gasteiger partial charge in [-0.3, -0.25) is 4.99 Å². The summed E-state index contributed by atoms with van der Waals surface area (Å²) in [5.74, 6) is 0.860. The summed E-state index contributed by atoms with van der Waals surface area (Å²) in [5, 5.41) is 0. The monoisotopic (exact) mass is 279 g/mol. The van der Waals surface area contributed by atoms with Crippen LogP contribution in [0.2, 0.25) is 0 Å². The quantitative estimate of drug-likeness (QED) is 0.849. The van der Waals surface area contributed by atoms with Crippen LogP contribution in [0, 0.1) is 0 Å². The molecule has 5 nitrogen and oxygen atoms in total. The molecule has 1 atom stereocenters. The first-order valence-corrected chi connectivity index (χ1v) is 8.15. The molecule has 0 bridgehead atoms. The van der Waals surface area contributed by atoms with Crippen LogP contribution in [-0.2, 0) is 16.4 Å². The van der Waals surface area contributed by atoms with Crippen molar-refractivity contribution in [2.75, 3.05) is 18.1 Å². The Kier molecular flexibility index (Phi) is 2.78. The van der Waals surface area contributed by atoms with E-state index in [4.69, 9.17) is 5.73 Å². The van der Waals surface area contributed by atoms with Crippen molar-refractivity contribution >= 4 is 15.8 Å². The average molecular weight is 279 g/mol. The predicted octanol–water partition coefficient (Wildman–Crippen LogP) is 0.374. The van der Waals surface area contributed by atoms with Crippen LogP contribution in [-0.4, -0.2) is 42.9 Å². The van der Waals surface area contributed by atoms with E-state index in [0.717, 1.165) is 5.56 Å². The number of nitrogens with zero attached hydrogens (tertiary/aromatic N) is 2. The normalized spacial score (nSPS) is 28.8. The molecule has 2 aliphatic rings. The molecule has 0 aliphatic carbocycles. The molecule has 0 saturated carbocycles. The minimum absolute atomic E-state index is 0.164. The summed E-state index contributed by atoms with van der Waals surface area (Å²) in [5.41, 5.74) is 6.65. The Morgan fingerprint density at radius 1 is 1.32 bits per heavy atom. The standard InChI is InChI=1S/C13H17N3O2S/c14-12-15-9-13(6-7-19(17,18)10-13)16(12)8-11-4-2-1-3-5-11/h1-5H,6-10H2,(H2,14,15). The van der Waals surface area contributed by atoms with Crippen LogP contribution >= 0.6 is 0 Å². The molecule has 6 heteroatoms. The van der Waals surface area contributed by atoms with E-state index in [1.165, 1.54) is 0 Å². The number of nitrogens with two attached hydrogens (primary N) is 1. The summed E-state index contributed by atoms with van der Waals surface area (Å²) in [6, 6.07) is 9.93. The van der Waals surface area contributed by atoms with Crippen LogP contribution in [0.15, 0.2) is 35.3 Å². The Bertz CT molecular complexity index is 612. The number of hydrogen-bond donors (Lipinski definition) is 1. The zero-order chi connectivity index (χ0) is 13.5. The zero-order valence-corrected chi connectivity index (χ0v) is 11.4. The van der Waals surface area contributed by atoms with E-state index in [0.29, 0.717) is 25.5 Å². The summed E-state index contributed by atoms with van der Waals surface area (Å²) < 4.78 is 23.6. The minimum atomic E-state index is -2.96. The Labute approximate surface area is 113 Å². The van der Waals surface area contributed by atoms with Gasteiger partial charge in [0, 0.05) is 6.54 Å². The van der Waals surface area contributed by atoms with Crippen LogP contribution in [0.5, 0.6) is 0 Å². The summed E-state index contributed by atoms with van der Waals surface area (Å²) in [4.78, 5) is 6.24. The van der Waals surface area contributed by atoms with E-state index in [1.54, 1.807) is 0 Å². The van der Waals surface area contributed by atoms with Crippen molar-refractivity contribution in [3.05, 3.63) is 35.9 Å². The Morgan fingerprint density at radius 2 is 2.05 bits per heavy atom. The molecule has 0 aromatic heterocycles. The molecule has 1 unspecified atom stereocenters. The van der Waals surface area contributed by atoms with Gasteiger partial charge < -0.3 is 10.6 Å². The van der Waals surface area contributed by atoms with Gasteiger partial charge in [-0.05, 0) is 12.0 Å². The van der Waals surface area contributed by atoms with Crippen molar-refractivity contribution in [2.24, 2.45) is 10.7 Å². The lowest BCUT2D eigenvalue weighted by Gasteiger charge is -2.35. The fraction of sp³-hybridized carbons (Fsp3) is 0.462. The third-order valence-corrected chi connectivity index (χ3v) is 5.74. The Hall–Kier alpha value is -1.56. The van der Waals surface area contributed by atoms with Crippen molar-refractivity contribution in [3.63, 3.8) is 0 Å². The van der Waals surface area contributed by atoms with Crippen molar-refractivity contribution in [3.8, 4) is 0 Å². The highest BCUT2D eigenvalue weighted by atomic mass is 32.2. The molecule has 19 heavy (non-hydrogen) atoms. The zero-order valence-electron chi connectivity index (χ0n) is 10.6. The highest BCUT2D eigenvalue weighted by molar-refractivity contribution is 7.91. The number of hydrogen-bond acceptors (Lipinski definition) is 5. The number of rotatable bonds is 2. The van der Waals surface area contributed by atoms with Crippen molar-refractivity contribution in [1.29, 1.82) is 0 Å². The van der Waals surface area contributed by atoms with Gasteiger partial charge in [-0.2, -0.15) is 0 Å². The highest BCUT2D eigenvalue weighted by Gasteiger charge is 2.50. The largest absolute Gasteiger partial charge is 0.370 e. The fourth-order valence-corrected chi connectivity index (χ4v) is 4.94. The highest BCUT2D eigenvalue weighted by Crippen LogP contribution is 2.34. The molecule has 2 N–H and O–H groups in total. The van der Waals surface area contributed by atoms with Gasteiger partial charge in [0.25, 0.3) is 0 Å². The summed E-state index contributed by atoms with van der Waals surface area (Å²) >= 11 is 0. The molecule has 0 amide bonds. The van der Waals surface area contributed by atoms with E-state index in [-0.39, 0.29) is 11.5 Å². The van der Waals surface area contributed by atoms with E-state index in [2.05, 4.69) is 4.99 Å². The molecule has 1 saturated heterocycles. The van der Waals surface area contributed by atoms with E-state index < -0.39 is 15.4 Å². The SMILES string of the molecule is NC1=NCC2(CCS(=O)(=O)C2)N1Cc1ccccc1. The second-order valence-corrected chi connectivity index (χ2v) is 7.50. The third-order valence-electron chi connectivity index (χ3n) is 3.94. The third kappa shape index (κ3) is 2.20. The van der Waals surface area contributed by atoms with Crippen LogP contribution in [0.25, 0.3) is 0 Å². The average Bonchev–Trinajstić information content (AvgIpc) is 2.85. The molecule has 1 aromatic rings. The van der Waals surface area contributed by atoms with Gasteiger partial charge in [-0.1, -0.05) is 30.3 Å². The summed E-state index contributed by atoms with van der Waals surface area (Å²) in [7, 11) is -2.96. The van der Waals surface area contributed by atoms with Crippen molar-refractivity contribution in [2.45, 2.75) is 18.5 Å². The van der Waals surface area contributed by atoms with Crippen LogP contribution in [0.1, 0.15) is 12.0 Å². The van der Waals surface area contributed by atoms with Crippen LogP contribution < -0.4 is 5.73 Å². The number of benzene rings is 1. The maximum Gasteiger partial charge on any atom is 0.192 e. The van der Waals surface area contributed by atoms with Gasteiger partial charge in [0.15, 0.2) is 15.8 Å². The van der Waals surface area contributed by atoms with Crippen molar-refractivity contribution in [1.82, 2.24) is 4.90 Å². The van der Waals surface area contributed by atoms with Gasteiger partial charge in [0.2, 0.25) is 0 Å². The second-order valence-electron chi connectivity index (χ2n) is 5.31. The Morgan fingerprint density at radius 3 is 2.68 bits per heavy atom. The molecule has 3 rings (SSSR count). The molecule has 102 valence electrons. The van der Waals surface area contributed by atoms with Crippen molar-refractivity contribution < 1.29 is 8.42 Å². The lowest BCUT2D eigenvalue weighted by Crippen LogP contribution is -2.51. The second kappa shape index (κ2) is 4.23. The van der Waals surface area contributed by atoms with Gasteiger partial charge >= 0.3 is 0 Å². The maximum atomic E-state index is 11.8. The van der Waals surface area contributed by atoms with Gasteiger partial charge in [0.05, 0.1) is 23.6 Å². The Balaban J connectivity index is 1.88. The van der Waals surface area contributed by atoms with Crippen LogP contribution in [0.4, 0.5) is 0 Å². The van der Waals surface area contributed by atoms with E-state index in [9.17, 15) is 8.42 Å². The van der Waals surface area contributed by atoms with Gasteiger partial charge in [-0.15, -0.1) is 0 Å². The number of guanidine groups is 1. The molecule has 2 heterocycles. The first-order chi connectivity index (χ1) is 9.01. The minimum Gasteiger partial charge on any atom is -0.370 e.